The molecule has 23 heavy (non-hydrogen) atoms. The third-order valence-electron chi connectivity index (χ3n) is 4.25. The summed E-state index contributed by atoms with van der Waals surface area (Å²) in [5, 5.41) is 0. The second-order valence-electron chi connectivity index (χ2n) is 6.09. The molecule has 0 fully saturated rings. The van der Waals surface area contributed by atoms with Crippen molar-refractivity contribution < 1.29 is 0 Å². The van der Waals surface area contributed by atoms with Crippen LogP contribution in [0.15, 0.2) is 41.4 Å². The first-order valence-corrected chi connectivity index (χ1v) is 8.09. The monoisotopic (exact) mass is 309 g/mol. The fraction of sp³-hybridized carbons (Fsp3) is 0.350. The lowest BCUT2D eigenvalue weighted by atomic mass is 10.1. The Labute approximate surface area is 140 Å². The van der Waals surface area contributed by atoms with Gasteiger partial charge in [0.1, 0.15) is 0 Å². The second-order valence-corrected chi connectivity index (χ2v) is 6.09. The highest BCUT2D eigenvalue weighted by atomic mass is 15.1. The normalized spacial score (nSPS) is 11.0. The van der Waals surface area contributed by atoms with E-state index < -0.39 is 0 Å². The second kappa shape index (κ2) is 7.32. The Morgan fingerprint density at radius 2 is 1.61 bits per heavy atom. The lowest BCUT2D eigenvalue weighted by molar-refractivity contribution is 0.552. The van der Waals surface area contributed by atoms with Crippen LogP contribution in [0.5, 0.6) is 0 Å². The van der Waals surface area contributed by atoms with Gasteiger partial charge in [0.05, 0.1) is 12.0 Å². The van der Waals surface area contributed by atoms with Crippen LogP contribution in [0.4, 0.5) is 17.1 Å². The molecule has 0 aliphatic carbocycles. The zero-order valence-corrected chi connectivity index (χ0v) is 15.1. The molecule has 0 amide bonds. The highest BCUT2D eigenvalue weighted by Crippen LogP contribution is 2.33. The van der Waals surface area contributed by atoms with Crippen LogP contribution >= 0.6 is 0 Å². The molecule has 2 aromatic carbocycles. The summed E-state index contributed by atoms with van der Waals surface area (Å²) in [4.78, 5) is 8.94. The van der Waals surface area contributed by atoms with E-state index in [1.165, 1.54) is 28.1 Å². The first-order chi connectivity index (χ1) is 10.9. The molecule has 0 bridgehead atoms. The standard InChI is InChI=1S/C20H27N3/c1-7-22(5)14-21-18-12-17(4)20(13-16(18)3)23(6)19-11-9-8-10-15(19)2/h8-14H,7H2,1-6H3/b21-14-. The lowest BCUT2D eigenvalue weighted by Crippen LogP contribution is -2.14. The zero-order valence-electron chi connectivity index (χ0n) is 15.1. The summed E-state index contributed by atoms with van der Waals surface area (Å²) in [6.07, 6.45) is 1.90. The number of para-hydroxylation sites is 1. The molecule has 0 N–H and O–H groups in total. The Bertz CT molecular complexity index is 704. The van der Waals surface area contributed by atoms with Crippen LogP contribution in [0, 0.1) is 20.8 Å². The van der Waals surface area contributed by atoms with E-state index in [0.29, 0.717) is 0 Å². The summed E-state index contributed by atoms with van der Waals surface area (Å²) in [5.41, 5.74) is 7.18. The average molecular weight is 309 g/mol. The summed E-state index contributed by atoms with van der Waals surface area (Å²) < 4.78 is 0. The summed E-state index contributed by atoms with van der Waals surface area (Å²) in [7, 11) is 4.16. The van der Waals surface area contributed by atoms with Crippen LogP contribution in [-0.4, -0.2) is 31.9 Å². The van der Waals surface area contributed by atoms with E-state index in [1.54, 1.807) is 0 Å². The maximum atomic E-state index is 4.61. The molecule has 0 atom stereocenters. The van der Waals surface area contributed by atoms with Gasteiger partial charge >= 0.3 is 0 Å². The van der Waals surface area contributed by atoms with E-state index in [2.05, 4.69) is 85.9 Å². The minimum atomic E-state index is 0.954. The third kappa shape index (κ3) is 3.92. The summed E-state index contributed by atoms with van der Waals surface area (Å²) >= 11 is 0. The number of nitrogens with zero attached hydrogens (tertiary/aromatic N) is 3. The fourth-order valence-corrected chi connectivity index (χ4v) is 2.60. The van der Waals surface area contributed by atoms with Gasteiger partial charge in [0.25, 0.3) is 0 Å². The molecule has 3 nitrogen and oxygen atoms in total. The van der Waals surface area contributed by atoms with Gasteiger partial charge in [-0.15, -0.1) is 0 Å². The number of hydrogen-bond donors (Lipinski definition) is 0. The van der Waals surface area contributed by atoms with Gasteiger partial charge in [0, 0.05) is 32.0 Å². The predicted molar refractivity (Wildman–Crippen MR) is 102 cm³/mol. The van der Waals surface area contributed by atoms with E-state index in [4.69, 9.17) is 0 Å². The first-order valence-electron chi connectivity index (χ1n) is 8.09. The van der Waals surface area contributed by atoms with Gasteiger partial charge in [0.15, 0.2) is 0 Å². The van der Waals surface area contributed by atoms with E-state index in [9.17, 15) is 0 Å². The smallest absolute Gasteiger partial charge is 0.0909 e. The maximum Gasteiger partial charge on any atom is 0.0909 e. The number of benzene rings is 2. The quantitative estimate of drug-likeness (QED) is 0.572. The van der Waals surface area contributed by atoms with E-state index in [1.807, 2.05) is 13.4 Å². The van der Waals surface area contributed by atoms with Gasteiger partial charge in [-0.05, 0) is 62.6 Å². The molecule has 0 saturated carbocycles. The fourth-order valence-electron chi connectivity index (χ4n) is 2.60. The Hall–Kier alpha value is -2.29. The third-order valence-corrected chi connectivity index (χ3v) is 4.25. The SMILES string of the molecule is CCN(C)/C=N\c1cc(C)c(N(C)c2ccccc2C)cc1C. The minimum absolute atomic E-state index is 0.954. The summed E-state index contributed by atoms with van der Waals surface area (Å²) in [6, 6.07) is 12.9. The molecule has 0 heterocycles. The molecular weight excluding hydrogens is 282 g/mol. The lowest BCUT2D eigenvalue weighted by Gasteiger charge is -2.24. The van der Waals surface area contributed by atoms with Crippen LogP contribution in [0.25, 0.3) is 0 Å². The Morgan fingerprint density at radius 3 is 2.26 bits per heavy atom. The molecule has 122 valence electrons. The Kier molecular flexibility index (Phi) is 5.43. The van der Waals surface area contributed by atoms with Crippen LogP contribution in [0.3, 0.4) is 0 Å². The maximum absolute atomic E-state index is 4.61. The molecule has 3 heteroatoms. The van der Waals surface area contributed by atoms with Crippen molar-refractivity contribution in [2.75, 3.05) is 25.5 Å². The van der Waals surface area contributed by atoms with Gasteiger partial charge in [0.2, 0.25) is 0 Å². The number of rotatable bonds is 5. The van der Waals surface area contributed by atoms with Gasteiger partial charge in [-0.1, -0.05) is 18.2 Å². The van der Waals surface area contributed by atoms with Crippen molar-refractivity contribution in [3.63, 3.8) is 0 Å². The molecule has 2 rings (SSSR count). The van der Waals surface area contributed by atoms with Crippen molar-refractivity contribution in [2.24, 2.45) is 4.99 Å². The molecule has 0 aliphatic heterocycles. The molecular formula is C20H27N3. The van der Waals surface area contributed by atoms with Crippen LogP contribution in [-0.2, 0) is 0 Å². The van der Waals surface area contributed by atoms with Crippen LogP contribution in [0.1, 0.15) is 23.6 Å². The first kappa shape index (κ1) is 17.1. The molecule has 2 aromatic rings. The van der Waals surface area contributed by atoms with Crippen molar-refractivity contribution in [3.05, 3.63) is 53.1 Å². The van der Waals surface area contributed by atoms with Crippen molar-refractivity contribution in [1.82, 2.24) is 4.90 Å². The Morgan fingerprint density at radius 1 is 0.913 bits per heavy atom. The largest absolute Gasteiger partial charge is 0.366 e. The summed E-state index contributed by atoms with van der Waals surface area (Å²) in [5.74, 6) is 0. The molecule has 0 saturated heterocycles. The molecule has 0 radical (unpaired) electrons. The molecule has 0 unspecified atom stereocenters. The zero-order chi connectivity index (χ0) is 17.0. The van der Waals surface area contributed by atoms with E-state index in [0.717, 1.165) is 12.2 Å². The minimum Gasteiger partial charge on any atom is -0.366 e. The van der Waals surface area contributed by atoms with Gasteiger partial charge in [-0.2, -0.15) is 0 Å². The highest BCUT2D eigenvalue weighted by molar-refractivity contribution is 5.73. The van der Waals surface area contributed by atoms with Crippen molar-refractivity contribution >= 4 is 23.4 Å². The molecule has 0 aliphatic rings. The van der Waals surface area contributed by atoms with Crippen molar-refractivity contribution in [1.29, 1.82) is 0 Å². The summed E-state index contributed by atoms with van der Waals surface area (Å²) in [6.45, 7) is 9.48. The average Bonchev–Trinajstić information content (AvgIpc) is 2.54. The van der Waals surface area contributed by atoms with Gasteiger partial charge in [-0.3, -0.25) is 0 Å². The van der Waals surface area contributed by atoms with Crippen molar-refractivity contribution in [3.8, 4) is 0 Å². The van der Waals surface area contributed by atoms with Gasteiger partial charge in [-0.25, -0.2) is 4.99 Å². The Balaban J connectivity index is 2.37. The molecule has 0 aromatic heterocycles. The predicted octanol–water partition coefficient (Wildman–Crippen LogP) is 4.99. The van der Waals surface area contributed by atoms with Crippen LogP contribution in [0.2, 0.25) is 0 Å². The highest BCUT2D eigenvalue weighted by Gasteiger charge is 2.11. The number of aryl methyl sites for hydroxylation is 3. The van der Waals surface area contributed by atoms with E-state index >= 15 is 0 Å². The van der Waals surface area contributed by atoms with Crippen LogP contribution < -0.4 is 4.90 Å². The topological polar surface area (TPSA) is 18.8 Å². The number of anilines is 2. The number of hydrogen-bond acceptors (Lipinski definition) is 2. The molecule has 0 spiro atoms. The number of aliphatic imine (C=N–C) groups is 1. The van der Waals surface area contributed by atoms with Gasteiger partial charge < -0.3 is 9.80 Å². The van der Waals surface area contributed by atoms with E-state index in [-0.39, 0.29) is 0 Å². The van der Waals surface area contributed by atoms with Crippen molar-refractivity contribution in [2.45, 2.75) is 27.7 Å².